The van der Waals surface area contributed by atoms with Gasteiger partial charge in [-0.15, -0.1) is 0 Å². The van der Waals surface area contributed by atoms with Crippen LogP contribution in [0.5, 0.6) is 0 Å². The summed E-state index contributed by atoms with van der Waals surface area (Å²) in [6.07, 6.45) is 2.26. The lowest BCUT2D eigenvalue weighted by atomic mass is 10.1. The first-order valence-electron chi connectivity index (χ1n) is 7.93. The molecule has 1 aromatic rings. The number of rotatable bonds is 10. The summed E-state index contributed by atoms with van der Waals surface area (Å²) < 4.78 is 10.8. The summed E-state index contributed by atoms with van der Waals surface area (Å²) >= 11 is 0. The maximum Gasteiger partial charge on any atom is 0.193 e. The second-order valence-electron chi connectivity index (χ2n) is 5.27. The topological polar surface area (TPSA) is 68.9 Å². The number of benzene rings is 1. The number of anilines is 1. The van der Waals surface area contributed by atoms with E-state index in [1.165, 1.54) is 11.1 Å². The Labute approximate surface area is 133 Å². The zero-order valence-corrected chi connectivity index (χ0v) is 14.0. The maximum atomic E-state index is 5.85. The van der Waals surface area contributed by atoms with Crippen molar-refractivity contribution in [2.45, 2.75) is 33.6 Å². The Morgan fingerprint density at radius 1 is 1.09 bits per heavy atom. The molecule has 1 rings (SSSR count). The Hall–Kier alpha value is -1.59. The first-order chi connectivity index (χ1) is 10.6. The summed E-state index contributed by atoms with van der Waals surface area (Å²) in [5.41, 5.74) is 9.29. The lowest BCUT2D eigenvalue weighted by Crippen LogP contribution is -2.23. The third-order valence-electron chi connectivity index (χ3n) is 3.31. The SMILES string of the molecule is CCCCOCCOCCN=C(N)Nc1ccc(C)c(C)c1. The number of nitrogens with one attached hydrogen (secondary N) is 1. The minimum atomic E-state index is 0.408. The maximum absolute atomic E-state index is 5.85. The second-order valence-corrected chi connectivity index (χ2v) is 5.27. The van der Waals surface area contributed by atoms with E-state index in [1.807, 2.05) is 6.07 Å². The van der Waals surface area contributed by atoms with Crippen LogP contribution in [0.3, 0.4) is 0 Å². The molecule has 0 spiro atoms. The lowest BCUT2D eigenvalue weighted by molar-refractivity contribution is 0.0498. The number of guanidine groups is 1. The molecule has 0 aliphatic rings. The lowest BCUT2D eigenvalue weighted by Gasteiger charge is -2.08. The van der Waals surface area contributed by atoms with Gasteiger partial charge in [-0.3, -0.25) is 4.99 Å². The fourth-order valence-electron chi connectivity index (χ4n) is 1.81. The normalized spacial score (nSPS) is 11.7. The molecule has 124 valence electrons. The summed E-state index contributed by atoms with van der Waals surface area (Å²) in [5.74, 6) is 0.408. The van der Waals surface area contributed by atoms with Gasteiger partial charge in [-0.2, -0.15) is 0 Å². The second kappa shape index (κ2) is 11.0. The zero-order valence-electron chi connectivity index (χ0n) is 14.0. The predicted molar refractivity (Wildman–Crippen MR) is 92.6 cm³/mol. The van der Waals surface area contributed by atoms with E-state index in [1.54, 1.807) is 0 Å². The minimum Gasteiger partial charge on any atom is -0.379 e. The van der Waals surface area contributed by atoms with Crippen LogP contribution < -0.4 is 11.1 Å². The molecule has 0 saturated carbocycles. The quantitative estimate of drug-likeness (QED) is 0.396. The van der Waals surface area contributed by atoms with Crippen LogP contribution in [-0.4, -0.2) is 38.9 Å². The number of hydrogen-bond donors (Lipinski definition) is 2. The van der Waals surface area contributed by atoms with Crippen molar-refractivity contribution in [1.29, 1.82) is 0 Å². The Morgan fingerprint density at radius 3 is 2.50 bits per heavy atom. The Kier molecular flexibility index (Phi) is 9.26. The molecule has 5 nitrogen and oxygen atoms in total. The van der Waals surface area contributed by atoms with Crippen molar-refractivity contribution in [1.82, 2.24) is 0 Å². The number of nitrogens with zero attached hydrogens (tertiary/aromatic N) is 1. The third-order valence-corrected chi connectivity index (χ3v) is 3.31. The highest BCUT2D eigenvalue weighted by molar-refractivity contribution is 5.92. The molecule has 0 unspecified atom stereocenters. The van der Waals surface area contributed by atoms with Gasteiger partial charge in [-0.05, 0) is 43.5 Å². The highest BCUT2D eigenvalue weighted by Crippen LogP contribution is 2.13. The van der Waals surface area contributed by atoms with Crippen molar-refractivity contribution >= 4 is 11.6 Å². The summed E-state index contributed by atoms with van der Waals surface area (Å²) in [4.78, 5) is 4.24. The summed E-state index contributed by atoms with van der Waals surface area (Å²) in [6, 6.07) is 6.11. The molecule has 5 heteroatoms. The molecule has 0 aromatic heterocycles. The van der Waals surface area contributed by atoms with Crippen molar-refractivity contribution in [3.63, 3.8) is 0 Å². The van der Waals surface area contributed by atoms with Gasteiger partial charge in [-0.1, -0.05) is 19.4 Å². The number of ether oxygens (including phenoxy) is 2. The fraction of sp³-hybridized carbons (Fsp3) is 0.588. The van der Waals surface area contributed by atoms with Gasteiger partial charge in [0.15, 0.2) is 5.96 Å². The molecule has 0 bridgehead atoms. The van der Waals surface area contributed by atoms with E-state index in [-0.39, 0.29) is 0 Å². The van der Waals surface area contributed by atoms with E-state index < -0.39 is 0 Å². The van der Waals surface area contributed by atoms with Crippen molar-refractivity contribution in [2.75, 3.05) is 38.3 Å². The standard InChI is InChI=1S/C17H29N3O2/c1-4-5-9-21-11-12-22-10-8-19-17(18)20-16-7-6-14(2)15(3)13-16/h6-7,13H,4-5,8-12H2,1-3H3,(H3,18,19,20). The van der Waals surface area contributed by atoms with Crippen molar-refractivity contribution < 1.29 is 9.47 Å². The van der Waals surface area contributed by atoms with Crippen LogP contribution in [0.2, 0.25) is 0 Å². The van der Waals surface area contributed by atoms with Gasteiger partial charge in [-0.25, -0.2) is 0 Å². The largest absolute Gasteiger partial charge is 0.379 e. The van der Waals surface area contributed by atoms with Crippen LogP contribution in [0, 0.1) is 13.8 Å². The smallest absolute Gasteiger partial charge is 0.193 e. The van der Waals surface area contributed by atoms with Gasteiger partial charge in [0.2, 0.25) is 0 Å². The van der Waals surface area contributed by atoms with Crippen LogP contribution in [0.15, 0.2) is 23.2 Å². The molecular weight excluding hydrogens is 278 g/mol. The van der Waals surface area contributed by atoms with Gasteiger partial charge >= 0.3 is 0 Å². The molecule has 0 fully saturated rings. The van der Waals surface area contributed by atoms with E-state index in [9.17, 15) is 0 Å². The highest BCUT2D eigenvalue weighted by atomic mass is 16.5. The van der Waals surface area contributed by atoms with Crippen molar-refractivity contribution in [3.8, 4) is 0 Å². The van der Waals surface area contributed by atoms with Gasteiger partial charge in [0.25, 0.3) is 0 Å². The highest BCUT2D eigenvalue weighted by Gasteiger charge is 1.98. The summed E-state index contributed by atoms with van der Waals surface area (Å²) in [6.45, 7) is 9.44. The Morgan fingerprint density at radius 2 is 1.82 bits per heavy atom. The number of unbranched alkanes of at least 4 members (excludes halogenated alkanes) is 1. The van der Waals surface area contributed by atoms with E-state index in [0.29, 0.717) is 32.3 Å². The molecule has 0 aliphatic carbocycles. The Balaban J connectivity index is 2.14. The average Bonchev–Trinajstić information content (AvgIpc) is 2.49. The number of aliphatic imine (C=N–C) groups is 1. The average molecular weight is 307 g/mol. The molecule has 3 N–H and O–H groups in total. The summed E-state index contributed by atoms with van der Waals surface area (Å²) in [7, 11) is 0. The van der Waals surface area contributed by atoms with Crippen molar-refractivity contribution in [2.24, 2.45) is 10.7 Å². The molecule has 22 heavy (non-hydrogen) atoms. The molecule has 0 heterocycles. The summed E-state index contributed by atoms with van der Waals surface area (Å²) in [5, 5.41) is 3.08. The molecule has 0 atom stereocenters. The molecule has 0 aliphatic heterocycles. The van der Waals surface area contributed by atoms with E-state index in [2.05, 4.69) is 43.2 Å². The molecule has 1 aromatic carbocycles. The van der Waals surface area contributed by atoms with Gasteiger partial charge in [0, 0.05) is 12.3 Å². The monoisotopic (exact) mass is 307 g/mol. The van der Waals surface area contributed by atoms with Crippen LogP contribution in [0.25, 0.3) is 0 Å². The van der Waals surface area contributed by atoms with E-state index >= 15 is 0 Å². The Bertz CT molecular complexity index is 461. The van der Waals surface area contributed by atoms with Crippen LogP contribution in [0.1, 0.15) is 30.9 Å². The molecule has 0 radical (unpaired) electrons. The molecule has 0 saturated heterocycles. The molecule has 0 amide bonds. The first kappa shape index (κ1) is 18.5. The van der Waals surface area contributed by atoms with Crippen LogP contribution in [-0.2, 0) is 9.47 Å². The van der Waals surface area contributed by atoms with Gasteiger partial charge in [0.05, 0.1) is 26.4 Å². The van der Waals surface area contributed by atoms with Crippen LogP contribution >= 0.6 is 0 Å². The van der Waals surface area contributed by atoms with Crippen LogP contribution in [0.4, 0.5) is 5.69 Å². The van der Waals surface area contributed by atoms with Crippen molar-refractivity contribution in [3.05, 3.63) is 29.3 Å². The van der Waals surface area contributed by atoms with Gasteiger partial charge in [0.1, 0.15) is 0 Å². The number of hydrogen-bond acceptors (Lipinski definition) is 3. The van der Waals surface area contributed by atoms with E-state index in [4.69, 9.17) is 15.2 Å². The predicted octanol–water partition coefficient (Wildman–Crippen LogP) is 2.86. The third kappa shape index (κ3) is 8.00. The number of nitrogens with two attached hydrogens (primary N) is 1. The van der Waals surface area contributed by atoms with E-state index in [0.717, 1.165) is 25.1 Å². The molecular formula is C17H29N3O2. The fourth-order valence-corrected chi connectivity index (χ4v) is 1.81. The van der Waals surface area contributed by atoms with Gasteiger partial charge < -0.3 is 20.5 Å². The first-order valence-corrected chi connectivity index (χ1v) is 7.93. The minimum absolute atomic E-state index is 0.408. The zero-order chi connectivity index (χ0) is 16.2. The number of aryl methyl sites for hydroxylation is 2.